The molecule has 2 aliphatic heterocycles. The SMILES string of the molecule is CCCN(C(=O)CSC(C)(C)C)C1CC2CCC(C1)N2. The molecule has 0 aromatic carbocycles. The number of hydrogen-bond acceptors (Lipinski definition) is 3. The van der Waals surface area contributed by atoms with Crippen LogP contribution < -0.4 is 5.32 Å². The fourth-order valence-corrected chi connectivity index (χ4v) is 4.12. The van der Waals surface area contributed by atoms with Crippen molar-refractivity contribution in [3.63, 3.8) is 0 Å². The summed E-state index contributed by atoms with van der Waals surface area (Å²) < 4.78 is 0.167. The van der Waals surface area contributed by atoms with E-state index >= 15 is 0 Å². The number of thioether (sulfide) groups is 1. The molecule has 3 nitrogen and oxygen atoms in total. The first-order chi connectivity index (χ1) is 9.39. The zero-order chi connectivity index (χ0) is 14.8. The lowest BCUT2D eigenvalue weighted by molar-refractivity contribution is -0.131. The van der Waals surface area contributed by atoms with E-state index in [1.54, 1.807) is 11.8 Å². The van der Waals surface area contributed by atoms with Crippen LogP contribution in [0, 0.1) is 0 Å². The molecule has 1 N–H and O–H groups in total. The molecule has 0 aromatic rings. The maximum Gasteiger partial charge on any atom is 0.232 e. The molecule has 2 bridgehead atoms. The second-order valence-corrected chi connectivity index (χ2v) is 9.05. The predicted octanol–water partition coefficient (Wildman–Crippen LogP) is 3.04. The summed E-state index contributed by atoms with van der Waals surface area (Å²) in [6, 6.07) is 1.78. The molecule has 2 saturated heterocycles. The minimum absolute atomic E-state index is 0.167. The van der Waals surface area contributed by atoms with E-state index < -0.39 is 0 Å². The quantitative estimate of drug-likeness (QED) is 0.847. The molecular formula is C16H30N2OS. The Morgan fingerprint density at radius 3 is 2.35 bits per heavy atom. The van der Waals surface area contributed by atoms with Crippen molar-refractivity contribution in [2.45, 2.75) is 82.7 Å². The van der Waals surface area contributed by atoms with Crippen LogP contribution in [-0.2, 0) is 4.79 Å². The van der Waals surface area contributed by atoms with E-state index in [1.807, 2.05) is 0 Å². The van der Waals surface area contributed by atoms with E-state index in [0.29, 0.717) is 29.8 Å². The molecule has 0 saturated carbocycles. The third-order valence-corrected chi connectivity index (χ3v) is 5.56. The van der Waals surface area contributed by atoms with Crippen molar-refractivity contribution < 1.29 is 4.79 Å². The van der Waals surface area contributed by atoms with Crippen LogP contribution in [-0.4, -0.2) is 46.0 Å². The summed E-state index contributed by atoms with van der Waals surface area (Å²) in [5, 5.41) is 3.67. The van der Waals surface area contributed by atoms with Crippen LogP contribution >= 0.6 is 11.8 Å². The van der Waals surface area contributed by atoms with Crippen LogP contribution in [0.2, 0.25) is 0 Å². The maximum atomic E-state index is 12.6. The standard InChI is InChI=1S/C16H30N2OS/c1-5-8-18(15(19)11-20-16(2,3)4)14-9-12-6-7-13(10-14)17-12/h12-14,17H,5-11H2,1-4H3. The molecule has 1 amide bonds. The van der Waals surface area contributed by atoms with Crippen LogP contribution in [0.25, 0.3) is 0 Å². The first-order valence-electron chi connectivity index (χ1n) is 8.08. The number of carbonyl (C=O) groups excluding carboxylic acids is 1. The molecular weight excluding hydrogens is 268 g/mol. The highest BCUT2D eigenvalue weighted by Gasteiger charge is 2.37. The van der Waals surface area contributed by atoms with Gasteiger partial charge in [-0.15, -0.1) is 11.8 Å². The molecule has 2 heterocycles. The normalized spacial score (nSPS) is 29.5. The molecule has 4 heteroatoms. The summed E-state index contributed by atoms with van der Waals surface area (Å²) >= 11 is 1.77. The second kappa shape index (κ2) is 6.69. The van der Waals surface area contributed by atoms with Crippen LogP contribution in [0.1, 0.15) is 59.8 Å². The second-order valence-electron chi connectivity index (χ2n) is 7.25. The van der Waals surface area contributed by atoms with E-state index in [1.165, 1.54) is 12.8 Å². The molecule has 2 aliphatic rings. The first kappa shape index (κ1) is 16.2. The predicted molar refractivity (Wildman–Crippen MR) is 87.2 cm³/mol. The van der Waals surface area contributed by atoms with Gasteiger partial charge >= 0.3 is 0 Å². The van der Waals surface area contributed by atoms with Gasteiger partial charge in [-0.1, -0.05) is 27.7 Å². The van der Waals surface area contributed by atoms with E-state index in [2.05, 4.69) is 37.9 Å². The summed E-state index contributed by atoms with van der Waals surface area (Å²) in [5.74, 6) is 0.973. The van der Waals surface area contributed by atoms with Crippen molar-refractivity contribution in [1.82, 2.24) is 10.2 Å². The number of fused-ring (bicyclic) bond motifs is 2. The molecule has 2 fully saturated rings. The van der Waals surface area contributed by atoms with Gasteiger partial charge in [0.15, 0.2) is 0 Å². The summed E-state index contributed by atoms with van der Waals surface area (Å²) in [7, 11) is 0. The fourth-order valence-electron chi connectivity index (χ4n) is 3.39. The van der Waals surface area contributed by atoms with Gasteiger partial charge in [0.1, 0.15) is 0 Å². The van der Waals surface area contributed by atoms with Crippen molar-refractivity contribution in [1.29, 1.82) is 0 Å². The van der Waals surface area contributed by atoms with Crippen LogP contribution in [0.3, 0.4) is 0 Å². The highest BCUT2D eigenvalue weighted by molar-refractivity contribution is 8.01. The molecule has 0 spiro atoms. The molecule has 2 unspecified atom stereocenters. The summed E-state index contributed by atoms with van der Waals surface area (Å²) in [6.45, 7) is 9.64. The Morgan fingerprint density at radius 1 is 1.25 bits per heavy atom. The Kier molecular flexibility index (Phi) is 5.41. The minimum atomic E-state index is 0.167. The largest absolute Gasteiger partial charge is 0.339 e. The average Bonchev–Trinajstić information content (AvgIpc) is 2.71. The number of rotatable bonds is 5. The van der Waals surface area contributed by atoms with E-state index in [4.69, 9.17) is 0 Å². The highest BCUT2D eigenvalue weighted by Crippen LogP contribution is 2.31. The van der Waals surface area contributed by atoms with Crippen LogP contribution in [0.5, 0.6) is 0 Å². The van der Waals surface area contributed by atoms with Gasteiger partial charge in [0.25, 0.3) is 0 Å². The number of carbonyl (C=O) groups is 1. The average molecular weight is 298 g/mol. The number of nitrogens with one attached hydrogen (secondary N) is 1. The van der Waals surface area contributed by atoms with Gasteiger partial charge in [-0.2, -0.15) is 0 Å². The third kappa shape index (κ3) is 4.39. The number of amides is 1. The lowest BCUT2D eigenvalue weighted by atomic mass is 9.98. The Labute approximate surface area is 128 Å². The van der Waals surface area contributed by atoms with Crippen LogP contribution in [0.15, 0.2) is 0 Å². The topological polar surface area (TPSA) is 32.3 Å². The number of nitrogens with zero attached hydrogens (tertiary/aromatic N) is 1. The molecule has 2 rings (SSSR count). The Balaban J connectivity index is 1.93. The maximum absolute atomic E-state index is 12.6. The highest BCUT2D eigenvalue weighted by atomic mass is 32.2. The lowest BCUT2D eigenvalue weighted by Crippen LogP contribution is -2.51. The van der Waals surface area contributed by atoms with Crippen molar-refractivity contribution >= 4 is 17.7 Å². The van der Waals surface area contributed by atoms with E-state index in [0.717, 1.165) is 25.8 Å². The van der Waals surface area contributed by atoms with Crippen molar-refractivity contribution in [3.05, 3.63) is 0 Å². The molecule has 0 radical (unpaired) electrons. The third-order valence-electron chi connectivity index (χ3n) is 4.30. The van der Waals surface area contributed by atoms with Crippen molar-refractivity contribution in [3.8, 4) is 0 Å². The Morgan fingerprint density at radius 2 is 1.85 bits per heavy atom. The smallest absolute Gasteiger partial charge is 0.232 e. The zero-order valence-electron chi connectivity index (χ0n) is 13.4. The van der Waals surface area contributed by atoms with Gasteiger partial charge in [-0.3, -0.25) is 4.79 Å². The fraction of sp³-hybridized carbons (Fsp3) is 0.938. The zero-order valence-corrected chi connectivity index (χ0v) is 14.3. The Bertz CT molecular complexity index is 328. The lowest BCUT2D eigenvalue weighted by Gasteiger charge is -2.38. The van der Waals surface area contributed by atoms with Crippen molar-refractivity contribution in [2.24, 2.45) is 0 Å². The van der Waals surface area contributed by atoms with Gasteiger partial charge in [-0.05, 0) is 32.1 Å². The minimum Gasteiger partial charge on any atom is -0.339 e. The van der Waals surface area contributed by atoms with E-state index in [-0.39, 0.29) is 4.75 Å². The van der Waals surface area contributed by atoms with Gasteiger partial charge in [0, 0.05) is 29.4 Å². The number of piperidine rings is 1. The summed E-state index contributed by atoms with van der Waals surface area (Å²) in [6.07, 6.45) is 5.97. The first-order valence-corrected chi connectivity index (χ1v) is 9.07. The van der Waals surface area contributed by atoms with Gasteiger partial charge < -0.3 is 10.2 Å². The molecule has 116 valence electrons. The van der Waals surface area contributed by atoms with Gasteiger partial charge in [0.2, 0.25) is 5.91 Å². The molecule has 0 aromatic heterocycles. The van der Waals surface area contributed by atoms with E-state index in [9.17, 15) is 4.79 Å². The monoisotopic (exact) mass is 298 g/mol. The van der Waals surface area contributed by atoms with Crippen molar-refractivity contribution in [2.75, 3.05) is 12.3 Å². The Hall–Kier alpha value is -0.220. The van der Waals surface area contributed by atoms with Crippen LogP contribution in [0.4, 0.5) is 0 Å². The molecule has 2 atom stereocenters. The molecule has 20 heavy (non-hydrogen) atoms. The number of hydrogen-bond donors (Lipinski definition) is 1. The summed E-state index contributed by atoms with van der Waals surface area (Å²) in [4.78, 5) is 14.8. The molecule has 0 aliphatic carbocycles. The summed E-state index contributed by atoms with van der Waals surface area (Å²) in [5.41, 5.74) is 0. The van der Waals surface area contributed by atoms with Gasteiger partial charge in [0.05, 0.1) is 5.75 Å². The van der Waals surface area contributed by atoms with Gasteiger partial charge in [-0.25, -0.2) is 0 Å².